The SMILES string of the molecule is Nc1ccc(N2C=CCC2)cc1. The van der Waals surface area contributed by atoms with Crippen LogP contribution >= 0.6 is 0 Å². The van der Waals surface area contributed by atoms with Crippen LogP contribution < -0.4 is 10.6 Å². The summed E-state index contributed by atoms with van der Waals surface area (Å²) >= 11 is 0. The first-order chi connectivity index (χ1) is 5.86. The Morgan fingerprint density at radius 1 is 1.17 bits per heavy atom. The largest absolute Gasteiger partial charge is 0.399 e. The Bertz CT molecular complexity index is 287. The summed E-state index contributed by atoms with van der Waals surface area (Å²) in [6.07, 6.45) is 5.44. The molecule has 1 aliphatic heterocycles. The third kappa shape index (κ3) is 1.28. The van der Waals surface area contributed by atoms with Crippen LogP contribution in [0.15, 0.2) is 36.5 Å². The quantitative estimate of drug-likeness (QED) is 0.636. The number of benzene rings is 1. The average Bonchev–Trinajstić information content (AvgIpc) is 2.58. The summed E-state index contributed by atoms with van der Waals surface area (Å²) in [5.41, 5.74) is 7.63. The first-order valence-electron chi connectivity index (χ1n) is 4.15. The lowest BCUT2D eigenvalue weighted by molar-refractivity contribution is 1.000. The minimum Gasteiger partial charge on any atom is -0.399 e. The van der Waals surface area contributed by atoms with Gasteiger partial charge in [-0.05, 0) is 30.7 Å². The molecule has 62 valence electrons. The summed E-state index contributed by atoms with van der Waals surface area (Å²) in [6, 6.07) is 7.96. The second-order valence-electron chi connectivity index (χ2n) is 2.96. The van der Waals surface area contributed by atoms with Crippen LogP contribution in [-0.4, -0.2) is 6.54 Å². The van der Waals surface area contributed by atoms with Crippen LogP contribution in [0.2, 0.25) is 0 Å². The normalized spacial score (nSPS) is 15.5. The highest BCUT2D eigenvalue weighted by molar-refractivity contribution is 5.55. The fraction of sp³-hybridized carbons (Fsp3) is 0.200. The average molecular weight is 160 g/mol. The molecule has 1 aromatic carbocycles. The van der Waals surface area contributed by atoms with E-state index in [2.05, 4.69) is 17.2 Å². The number of nitrogens with two attached hydrogens (primary N) is 1. The van der Waals surface area contributed by atoms with Crippen LogP contribution in [0.25, 0.3) is 0 Å². The van der Waals surface area contributed by atoms with Gasteiger partial charge in [0.25, 0.3) is 0 Å². The van der Waals surface area contributed by atoms with Crippen molar-refractivity contribution in [3.63, 3.8) is 0 Å². The Balaban J connectivity index is 2.23. The molecule has 1 aliphatic rings. The van der Waals surface area contributed by atoms with Gasteiger partial charge in [0.15, 0.2) is 0 Å². The van der Waals surface area contributed by atoms with Gasteiger partial charge in [-0.25, -0.2) is 0 Å². The van der Waals surface area contributed by atoms with Crippen LogP contribution in [0.5, 0.6) is 0 Å². The van der Waals surface area contributed by atoms with Crippen molar-refractivity contribution in [1.82, 2.24) is 0 Å². The maximum atomic E-state index is 5.59. The predicted molar refractivity (Wildman–Crippen MR) is 52.0 cm³/mol. The van der Waals surface area contributed by atoms with E-state index in [0.29, 0.717) is 0 Å². The summed E-state index contributed by atoms with van der Waals surface area (Å²) in [5, 5.41) is 0. The van der Waals surface area contributed by atoms with E-state index in [1.54, 1.807) is 0 Å². The van der Waals surface area contributed by atoms with Gasteiger partial charge in [-0.2, -0.15) is 0 Å². The van der Waals surface area contributed by atoms with E-state index in [1.165, 1.54) is 5.69 Å². The van der Waals surface area contributed by atoms with Gasteiger partial charge < -0.3 is 10.6 Å². The second-order valence-corrected chi connectivity index (χ2v) is 2.96. The van der Waals surface area contributed by atoms with Crippen molar-refractivity contribution in [2.24, 2.45) is 0 Å². The van der Waals surface area contributed by atoms with Gasteiger partial charge in [-0.3, -0.25) is 0 Å². The molecule has 0 unspecified atom stereocenters. The molecule has 2 heteroatoms. The number of hydrogen-bond acceptors (Lipinski definition) is 2. The predicted octanol–water partition coefficient (Wildman–Crippen LogP) is 1.99. The van der Waals surface area contributed by atoms with Crippen LogP contribution in [0.4, 0.5) is 11.4 Å². The lowest BCUT2D eigenvalue weighted by Gasteiger charge is -2.14. The zero-order valence-electron chi connectivity index (χ0n) is 6.90. The summed E-state index contributed by atoms with van der Waals surface area (Å²) in [6.45, 7) is 1.09. The Morgan fingerprint density at radius 3 is 2.50 bits per heavy atom. The molecule has 0 aromatic heterocycles. The topological polar surface area (TPSA) is 29.3 Å². The zero-order valence-corrected chi connectivity index (χ0v) is 6.90. The standard InChI is InChI=1S/C10H12N2/c11-9-3-5-10(6-4-9)12-7-1-2-8-12/h1,3-7H,2,8,11H2. The molecule has 12 heavy (non-hydrogen) atoms. The lowest BCUT2D eigenvalue weighted by atomic mass is 10.2. The fourth-order valence-corrected chi connectivity index (χ4v) is 1.37. The third-order valence-electron chi connectivity index (χ3n) is 2.05. The Kier molecular flexibility index (Phi) is 1.74. The van der Waals surface area contributed by atoms with Crippen molar-refractivity contribution in [1.29, 1.82) is 0 Å². The molecule has 0 aliphatic carbocycles. The highest BCUT2D eigenvalue weighted by atomic mass is 15.1. The summed E-state index contributed by atoms with van der Waals surface area (Å²) in [7, 11) is 0. The molecule has 0 atom stereocenters. The third-order valence-corrected chi connectivity index (χ3v) is 2.05. The van der Waals surface area contributed by atoms with Crippen molar-refractivity contribution in [2.75, 3.05) is 17.2 Å². The van der Waals surface area contributed by atoms with E-state index in [1.807, 2.05) is 24.3 Å². The molecule has 0 radical (unpaired) electrons. The number of anilines is 2. The van der Waals surface area contributed by atoms with Gasteiger partial charge in [0.1, 0.15) is 0 Å². The van der Waals surface area contributed by atoms with Gasteiger partial charge in [0, 0.05) is 24.1 Å². The molecule has 0 fully saturated rings. The molecule has 2 rings (SSSR count). The van der Waals surface area contributed by atoms with E-state index < -0.39 is 0 Å². The monoisotopic (exact) mass is 160 g/mol. The molecule has 2 nitrogen and oxygen atoms in total. The molecular weight excluding hydrogens is 148 g/mol. The van der Waals surface area contributed by atoms with Gasteiger partial charge in [-0.1, -0.05) is 6.08 Å². The maximum Gasteiger partial charge on any atom is 0.0407 e. The van der Waals surface area contributed by atoms with E-state index in [-0.39, 0.29) is 0 Å². The van der Waals surface area contributed by atoms with Crippen LogP contribution in [-0.2, 0) is 0 Å². The molecule has 0 bridgehead atoms. The van der Waals surface area contributed by atoms with Crippen molar-refractivity contribution >= 4 is 11.4 Å². The van der Waals surface area contributed by atoms with Gasteiger partial charge in [0.05, 0.1) is 0 Å². The van der Waals surface area contributed by atoms with E-state index in [9.17, 15) is 0 Å². The van der Waals surface area contributed by atoms with Gasteiger partial charge in [0.2, 0.25) is 0 Å². The fourth-order valence-electron chi connectivity index (χ4n) is 1.37. The second kappa shape index (κ2) is 2.89. The summed E-state index contributed by atoms with van der Waals surface area (Å²) in [4.78, 5) is 2.22. The molecular formula is C10H12N2. The summed E-state index contributed by atoms with van der Waals surface area (Å²) in [5.74, 6) is 0. The van der Waals surface area contributed by atoms with Crippen LogP contribution in [0, 0.1) is 0 Å². The molecule has 0 saturated heterocycles. The molecule has 0 spiro atoms. The first-order valence-corrected chi connectivity index (χ1v) is 4.15. The van der Waals surface area contributed by atoms with Crippen molar-refractivity contribution in [3.8, 4) is 0 Å². The van der Waals surface area contributed by atoms with E-state index >= 15 is 0 Å². The number of nitrogens with zero attached hydrogens (tertiary/aromatic N) is 1. The van der Waals surface area contributed by atoms with Crippen LogP contribution in [0.1, 0.15) is 6.42 Å². The Hall–Kier alpha value is -1.44. The molecule has 0 saturated carbocycles. The van der Waals surface area contributed by atoms with E-state index in [4.69, 9.17) is 5.73 Å². The molecule has 1 heterocycles. The number of nitrogen functional groups attached to an aromatic ring is 1. The van der Waals surface area contributed by atoms with Gasteiger partial charge in [-0.15, -0.1) is 0 Å². The first kappa shape index (κ1) is 7.22. The highest BCUT2D eigenvalue weighted by Gasteiger charge is 2.05. The van der Waals surface area contributed by atoms with Crippen molar-refractivity contribution in [3.05, 3.63) is 36.5 Å². The number of rotatable bonds is 1. The van der Waals surface area contributed by atoms with Gasteiger partial charge >= 0.3 is 0 Å². The number of hydrogen-bond donors (Lipinski definition) is 1. The minimum atomic E-state index is 0.821. The van der Waals surface area contributed by atoms with E-state index in [0.717, 1.165) is 18.7 Å². The molecule has 2 N–H and O–H groups in total. The molecule has 0 amide bonds. The summed E-state index contributed by atoms with van der Waals surface area (Å²) < 4.78 is 0. The van der Waals surface area contributed by atoms with Crippen LogP contribution in [0.3, 0.4) is 0 Å². The smallest absolute Gasteiger partial charge is 0.0407 e. The Morgan fingerprint density at radius 2 is 1.92 bits per heavy atom. The zero-order chi connectivity index (χ0) is 8.39. The minimum absolute atomic E-state index is 0.821. The molecule has 1 aromatic rings. The maximum absolute atomic E-state index is 5.59. The Labute approximate surface area is 72.3 Å². The highest BCUT2D eigenvalue weighted by Crippen LogP contribution is 2.19. The van der Waals surface area contributed by atoms with Crippen molar-refractivity contribution < 1.29 is 0 Å². The van der Waals surface area contributed by atoms with Crippen molar-refractivity contribution in [2.45, 2.75) is 6.42 Å². The lowest BCUT2D eigenvalue weighted by Crippen LogP contribution is -2.11.